The van der Waals surface area contributed by atoms with Gasteiger partial charge in [0.15, 0.2) is 0 Å². The zero-order valence-corrected chi connectivity index (χ0v) is 15.0. The molecule has 0 radical (unpaired) electrons. The van der Waals surface area contributed by atoms with Crippen molar-refractivity contribution in [3.8, 4) is 0 Å². The minimum absolute atomic E-state index is 0.149. The summed E-state index contributed by atoms with van der Waals surface area (Å²) >= 11 is 1.37. The number of sulfonamides is 1. The maximum atomic E-state index is 12.6. The van der Waals surface area contributed by atoms with Crippen LogP contribution in [0.4, 0.5) is 0 Å². The first-order chi connectivity index (χ1) is 10.8. The van der Waals surface area contributed by atoms with E-state index in [1.165, 1.54) is 11.3 Å². The van der Waals surface area contributed by atoms with Gasteiger partial charge in [0, 0.05) is 12.5 Å². The molecule has 1 aliphatic heterocycles. The van der Waals surface area contributed by atoms with E-state index in [2.05, 4.69) is 15.0 Å². The normalized spacial score (nSPS) is 29.9. The number of hydrogen-bond acceptors (Lipinski definition) is 6. The number of amides is 1. The van der Waals surface area contributed by atoms with Gasteiger partial charge in [-0.3, -0.25) is 4.79 Å². The van der Waals surface area contributed by atoms with Crippen molar-refractivity contribution in [1.29, 1.82) is 0 Å². The highest BCUT2D eigenvalue weighted by Crippen LogP contribution is 2.39. The molecule has 2 N–H and O–H groups in total. The molecule has 0 bridgehead atoms. The Bertz CT molecular complexity index is 716. The van der Waals surface area contributed by atoms with E-state index >= 15 is 0 Å². The van der Waals surface area contributed by atoms with Crippen LogP contribution in [0.1, 0.15) is 33.7 Å². The third kappa shape index (κ3) is 3.28. The van der Waals surface area contributed by atoms with Gasteiger partial charge in [0.2, 0.25) is 10.0 Å². The summed E-state index contributed by atoms with van der Waals surface area (Å²) in [4.78, 5) is 17.6. The first-order valence-electron chi connectivity index (χ1n) is 7.66. The average molecular weight is 359 g/mol. The fourth-order valence-corrected chi connectivity index (χ4v) is 5.08. The van der Waals surface area contributed by atoms with Crippen molar-refractivity contribution in [3.63, 3.8) is 0 Å². The van der Waals surface area contributed by atoms with Crippen molar-refractivity contribution in [1.82, 2.24) is 15.0 Å². The number of nitrogens with zero attached hydrogens (tertiary/aromatic N) is 1. The number of aromatic nitrogens is 1. The fraction of sp³-hybridized carbons (Fsp3) is 0.714. The Morgan fingerprint density at radius 3 is 2.83 bits per heavy atom. The lowest BCUT2D eigenvalue weighted by Crippen LogP contribution is -2.70. The second-order valence-electron chi connectivity index (χ2n) is 6.07. The van der Waals surface area contributed by atoms with Crippen LogP contribution in [-0.2, 0) is 21.2 Å². The minimum atomic E-state index is -3.36. The topological polar surface area (TPSA) is 97.4 Å². The molecule has 4 atom stereocenters. The Morgan fingerprint density at radius 1 is 1.43 bits per heavy atom. The number of nitrogens with one attached hydrogen (secondary N) is 2. The smallest absolute Gasteiger partial charge is 0.263 e. The maximum Gasteiger partial charge on any atom is 0.263 e. The van der Waals surface area contributed by atoms with E-state index in [4.69, 9.17) is 4.74 Å². The molecular weight excluding hydrogens is 338 g/mol. The molecule has 3 rings (SSSR count). The van der Waals surface area contributed by atoms with Crippen molar-refractivity contribution in [3.05, 3.63) is 15.6 Å². The number of fused-ring (bicyclic) bond motifs is 1. The van der Waals surface area contributed by atoms with Gasteiger partial charge in [0.05, 0.1) is 35.1 Å². The molecular formula is C14H21N3O4S2. The summed E-state index contributed by atoms with van der Waals surface area (Å²) in [7, 11) is -3.36. The van der Waals surface area contributed by atoms with E-state index in [0.29, 0.717) is 17.9 Å². The molecule has 0 aromatic carbocycles. The monoisotopic (exact) mass is 359 g/mol. The van der Waals surface area contributed by atoms with Crippen LogP contribution in [0.5, 0.6) is 0 Å². The number of carbonyl (C=O) groups excluding carboxylic acids is 1. The third-order valence-electron chi connectivity index (χ3n) is 4.38. The van der Waals surface area contributed by atoms with Crippen molar-refractivity contribution in [2.24, 2.45) is 5.92 Å². The van der Waals surface area contributed by atoms with Gasteiger partial charge < -0.3 is 10.1 Å². The van der Waals surface area contributed by atoms with E-state index in [-0.39, 0.29) is 24.0 Å². The minimum Gasteiger partial charge on any atom is -0.376 e. The number of hydrogen-bond donors (Lipinski definition) is 2. The number of thiazole rings is 1. The molecule has 1 saturated carbocycles. The second kappa shape index (κ2) is 6.12. The van der Waals surface area contributed by atoms with E-state index in [0.717, 1.165) is 23.4 Å². The number of aryl methyl sites for hydroxylation is 2. The summed E-state index contributed by atoms with van der Waals surface area (Å²) in [5.74, 6) is -0.0135. The second-order valence-corrected chi connectivity index (χ2v) is 9.05. The number of rotatable bonds is 5. The quantitative estimate of drug-likeness (QED) is 0.795. The molecule has 1 saturated heterocycles. The van der Waals surface area contributed by atoms with Crippen LogP contribution in [0.25, 0.3) is 0 Å². The van der Waals surface area contributed by atoms with Crippen LogP contribution in [0, 0.1) is 12.8 Å². The van der Waals surface area contributed by atoms with Gasteiger partial charge in [-0.05, 0) is 19.8 Å². The summed E-state index contributed by atoms with van der Waals surface area (Å²) in [5, 5.41) is 3.84. The summed E-state index contributed by atoms with van der Waals surface area (Å²) in [6, 6.07) is -0.641. The fourth-order valence-electron chi connectivity index (χ4n) is 3.40. The van der Waals surface area contributed by atoms with Crippen LogP contribution < -0.4 is 10.0 Å². The molecule has 1 amide bonds. The van der Waals surface area contributed by atoms with E-state index in [1.807, 2.05) is 13.8 Å². The van der Waals surface area contributed by atoms with Crippen LogP contribution in [0.2, 0.25) is 0 Å². The van der Waals surface area contributed by atoms with Gasteiger partial charge in [0.1, 0.15) is 4.88 Å². The van der Waals surface area contributed by atoms with Gasteiger partial charge in [0.25, 0.3) is 5.91 Å². The first kappa shape index (κ1) is 16.8. The molecule has 1 aromatic heterocycles. The highest BCUT2D eigenvalue weighted by molar-refractivity contribution is 7.88. The molecule has 23 heavy (non-hydrogen) atoms. The number of ether oxygens (including phenoxy) is 1. The standard InChI is InChI=1S/C14H21N3O4S2/c1-4-9-13(22-7(2)15-9)14(18)16-10-8-5-6-21-12(8)11(10)17-23(3,19)20/h8,10-12,17H,4-6H2,1-3H3,(H,16,18). The molecule has 128 valence electrons. The largest absolute Gasteiger partial charge is 0.376 e. The van der Waals surface area contributed by atoms with E-state index in [9.17, 15) is 13.2 Å². The van der Waals surface area contributed by atoms with Gasteiger partial charge in [-0.1, -0.05) is 6.92 Å². The van der Waals surface area contributed by atoms with Crippen molar-refractivity contribution in [2.75, 3.05) is 12.9 Å². The Balaban J connectivity index is 1.76. The van der Waals surface area contributed by atoms with E-state index < -0.39 is 16.1 Å². The first-order valence-corrected chi connectivity index (χ1v) is 10.4. The molecule has 1 aromatic rings. The van der Waals surface area contributed by atoms with Crippen molar-refractivity contribution < 1.29 is 17.9 Å². The lowest BCUT2D eigenvalue weighted by molar-refractivity contribution is -0.0193. The Hall–Kier alpha value is -1.03. The SMILES string of the molecule is CCc1nc(C)sc1C(=O)NC1C2CCOC2C1NS(C)(=O)=O. The van der Waals surface area contributed by atoms with Gasteiger partial charge in [-0.15, -0.1) is 11.3 Å². The summed E-state index contributed by atoms with van der Waals surface area (Å²) < 4.78 is 31.3. The van der Waals surface area contributed by atoms with Crippen LogP contribution in [-0.4, -0.2) is 50.4 Å². The Labute approximate surface area is 139 Å². The number of carbonyl (C=O) groups is 1. The third-order valence-corrected chi connectivity index (χ3v) is 6.09. The average Bonchev–Trinajstić information content (AvgIpc) is 3.05. The Morgan fingerprint density at radius 2 is 2.17 bits per heavy atom. The molecule has 7 nitrogen and oxygen atoms in total. The van der Waals surface area contributed by atoms with Crippen molar-refractivity contribution >= 4 is 27.3 Å². The lowest BCUT2D eigenvalue weighted by Gasteiger charge is -2.47. The van der Waals surface area contributed by atoms with Gasteiger partial charge >= 0.3 is 0 Å². The molecule has 0 spiro atoms. The van der Waals surface area contributed by atoms with Crippen LogP contribution >= 0.6 is 11.3 Å². The summed E-state index contributed by atoms with van der Waals surface area (Å²) in [5.41, 5.74) is 0.788. The van der Waals surface area contributed by atoms with E-state index in [1.54, 1.807) is 0 Å². The molecule has 1 aliphatic carbocycles. The highest BCUT2D eigenvalue weighted by atomic mass is 32.2. The maximum absolute atomic E-state index is 12.6. The molecule has 2 heterocycles. The Kier molecular flexibility index (Phi) is 4.47. The van der Waals surface area contributed by atoms with Crippen molar-refractivity contribution in [2.45, 2.75) is 44.9 Å². The van der Waals surface area contributed by atoms with Crippen LogP contribution in [0.3, 0.4) is 0 Å². The van der Waals surface area contributed by atoms with Gasteiger partial charge in [-0.2, -0.15) is 0 Å². The molecule has 2 aliphatic rings. The molecule has 2 fully saturated rings. The predicted octanol–water partition coefficient (Wildman–Crippen LogP) is 0.449. The highest BCUT2D eigenvalue weighted by Gasteiger charge is 2.55. The molecule has 4 unspecified atom stereocenters. The zero-order chi connectivity index (χ0) is 16.8. The van der Waals surface area contributed by atoms with Crippen LogP contribution in [0.15, 0.2) is 0 Å². The summed E-state index contributed by atoms with van der Waals surface area (Å²) in [6.45, 7) is 4.44. The lowest BCUT2D eigenvalue weighted by atomic mass is 9.72. The summed E-state index contributed by atoms with van der Waals surface area (Å²) in [6.07, 6.45) is 2.50. The molecule has 9 heteroatoms. The predicted molar refractivity (Wildman–Crippen MR) is 87.1 cm³/mol. The zero-order valence-electron chi connectivity index (χ0n) is 13.3. The van der Waals surface area contributed by atoms with Gasteiger partial charge in [-0.25, -0.2) is 18.1 Å².